The van der Waals surface area contributed by atoms with Crippen molar-refractivity contribution in [3.05, 3.63) is 0 Å². The van der Waals surface area contributed by atoms with Gasteiger partial charge < -0.3 is 5.32 Å². The van der Waals surface area contributed by atoms with Gasteiger partial charge in [0.1, 0.15) is 0 Å². The molecule has 1 fully saturated rings. The van der Waals surface area contributed by atoms with Crippen molar-refractivity contribution in [3.63, 3.8) is 0 Å². The van der Waals surface area contributed by atoms with Crippen LogP contribution in [0.1, 0.15) is 27.2 Å². The van der Waals surface area contributed by atoms with Crippen LogP contribution in [0.25, 0.3) is 0 Å². The number of piperidine rings is 1. The van der Waals surface area contributed by atoms with Crippen LogP contribution >= 0.6 is 0 Å². The monoisotopic (exact) mass is 141 g/mol. The van der Waals surface area contributed by atoms with Crippen LogP contribution < -0.4 is 5.32 Å². The van der Waals surface area contributed by atoms with Crippen LogP contribution in [-0.4, -0.2) is 17.9 Å². The van der Waals surface area contributed by atoms with Crippen LogP contribution in [0.4, 0.5) is 0 Å². The lowest BCUT2D eigenvalue weighted by Gasteiger charge is -2.32. The number of ketones is 1. The molecule has 0 radical (unpaired) electrons. The topological polar surface area (TPSA) is 29.1 Å². The van der Waals surface area contributed by atoms with Gasteiger partial charge >= 0.3 is 0 Å². The molecule has 0 aromatic heterocycles. The highest BCUT2D eigenvalue weighted by Gasteiger charge is 2.32. The summed E-state index contributed by atoms with van der Waals surface area (Å²) in [6, 6.07) is 0. The Morgan fingerprint density at radius 3 is 2.60 bits per heavy atom. The minimum atomic E-state index is -0.271. The zero-order valence-corrected chi connectivity index (χ0v) is 6.90. The first-order valence-corrected chi connectivity index (χ1v) is 3.81. The van der Waals surface area contributed by atoms with Crippen LogP contribution in [0.2, 0.25) is 0 Å². The predicted molar refractivity (Wildman–Crippen MR) is 40.9 cm³/mol. The third-order valence-corrected chi connectivity index (χ3v) is 2.12. The molecule has 0 amide bonds. The average Bonchev–Trinajstić information content (AvgIpc) is 1.81. The summed E-state index contributed by atoms with van der Waals surface area (Å²) < 4.78 is 0. The quantitative estimate of drug-likeness (QED) is 0.544. The molecule has 0 bridgehead atoms. The van der Waals surface area contributed by atoms with Gasteiger partial charge in [-0.25, -0.2) is 0 Å². The fourth-order valence-corrected chi connectivity index (χ4v) is 1.17. The number of rotatable bonds is 0. The van der Waals surface area contributed by atoms with Crippen LogP contribution in [0.3, 0.4) is 0 Å². The summed E-state index contributed by atoms with van der Waals surface area (Å²) in [7, 11) is 0. The summed E-state index contributed by atoms with van der Waals surface area (Å²) in [5.41, 5.74) is -0.271. The maximum atomic E-state index is 11.3. The second-order valence-corrected chi connectivity index (χ2v) is 3.74. The highest BCUT2D eigenvalue weighted by atomic mass is 16.1. The first-order valence-electron chi connectivity index (χ1n) is 3.81. The summed E-state index contributed by atoms with van der Waals surface area (Å²) in [4.78, 5) is 11.3. The van der Waals surface area contributed by atoms with E-state index in [-0.39, 0.29) is 5.54 Å². The second-order valence-electron chi connectivity index (χ2n) is 3.74. The molecule has 0 saturated carbocycles. The predicted octanol–water partition coefficient (Wildman–Crippen LogP) is 0.964. The van der Waals surface area contributed by atoms with Gasteiger partial charge in [0.15, 0.2) is 5.78 Å². The standard InChI is InChI=1S/C8H15NO/c1-6-4-7(10)8(2,3)9-5-6/h6,9H,4-5H2,1-3H3/t6-/m1/s1. The Morgan fingerprint density at radius 1 is 1.60 bits per heavy atom. The van der Waals surface area contributed by atoms with Gasteiger partial charge in [0, 0.05) is 6.42 Å². The molecule has 0 spiro atoms. The first-order chi connectivity index (χ1) is 4.52. The average molecular weight is 141 g/mol. The van der Waals surface area contributed by atoms with E-state index >= 15 is 0 Å². The molecule has 10 heavy (non-hydrogen) atoms. The summed E-state index contributed by atoms with van der Waals surface area (Å²) in [5, 5.41) is 3.21. The van der Waals surface area contributed by atoms with Gasteiger partial charge in [0.05, 0.1) is 5.54 Å². The van der Waals surface area contributed by atoms with E-state index in [1.807, 2.05) is 13.8 Å². The number of Topliss-reactive ketones (excluding diaryl/α,β-unsaturated/α-hetero) is 1. The molecular formula is C8H15NO. The number of carbonyl (C=O) groups excluding carboxylic acids is 1. The van der Waals surface area contributed by atoms with Gasteiger partial charge in [-0.15, -0.1) is 0 Å². The fraction of sp³-hybridized carbons (Fsp3) is 0.875. The molecule has 1 N–H and O–H groups in total. The SMILES string of the molecule is C[C@H]1CNC(C)(C)C(=O)C1. The van der Waals surface area contributed by atoms with Gasteiger partial charge in [-0.3, -0.25) is 4.79 Å². The lowest BCUT2D eigenvalue weighted by atomic mass is 9.87. The van der Waals surface area contributed by atoms with E-state index in [1.54, 1.807) is 0 Å². The Hall–Kier alpha value is -0.370. The summed E-state index contributed by atoms with van der Waals surface area (Å²) in [6.07, 6.45) is 0.736. The highest BCUT2D eigenvalue weighted by Crippen LogP contribution is 2.17. The Kier molecular flexibility index (Phi) is 1.82. The molecule has 1 rings (SSSR count). The zero-order valence-electron chi connectivity index (χ0n) is 6.90. The molecule has 0 aliphatic carbocycles. The normalized spacial score (nSPS) is 32.3. The van der Waals surface area contributed by atoms with Crippen LogP contribution in [0.15, 0.2) is 0 Å². The van der Waals surface area contributed by atoms with E-state index in [0.29, 0.717) is 11.7 Å². The second kappa shape index (κ2) is 2.35. The molecule has 0 aromatic carbocycles. The molecule has 1 saturated heterocycles. The van der Waals surface area contributed by atoms with Crippen molar-refractivity contribution >= 4 is 5.78 Å². The molecule has 1 aliphatic rings. The minimum absolute atomic E-state index is 0.271. The molecule has 1 heterocycles. The van der Waals surface area contributed by atoms with Crippen molar-refractivity contribution in [2.45, 2.75) is 32.7 Å². The lowest BCUT2D eigenvalue weighted by Crippen LogP contribution is -2.53. The van der Waals surface area contributed by atoms with Gasteiger partial charge in [-0.1, -0.05) is 6.92 Å². The van der Waals surface area contributed by atoms with Crippen LogP contribution in [0.5, 0.6) is 0 Å². The number of nitrogens with one attached hydrogen (secondary N) is 1. The van der Waals surface area contributed by atoms with Crippen LogP contribution in [0, 0.1) is 5.92 Å². The van der Waals surface area contributed by atoms with E-state index in [9.17, 15) is 4.79 Å². The highest BCUT2D eigenvalue weighted by molar-refractivity contribution is 5.88. The van der Waals surface area contributed by atoms with Crippen molar-refractivity contribution in [1.29, 1.82) is 0 Å². The van der Waals surface area contributed by atoms with Gasteiger partial charge in [0.25, 0.3) is 0 Å². The third kappa shape index (κ3) is 1.37. The van der Waals surface area contributed by atoms with Gasteiger partial charge in [-0.05, 0) is 26.3 Å². The Bertz CT molecular complexity index is 151. The number of hydrogen-bond acceptors (Lipinski definition) is 2. The van der Waals surface area contributed by atoms with Gasteiger partial charge in [0.2, 0.25) is 0 Å². The van der Waals surface area contributed by atoms with E-state index in [4.69, 9.17) is 0 Å². The van der Waals surface area contributed by atoms with Gasteiger partial charge in [-0.2, -0.15) is 0 Å². The smallest absolute Gasteiger partial charge is 0.152 e. The van der Waals surface area contributed by atoms with E-state index in [1.165, 1.54) is 0 Å². The van der Waals surface area contributed by atoms with E-state index in [2.05, 4.69) is 12.2 Å². The fourth-order valence-electron chi connectivity index (χ4n) is 1.17. The molecular weight excluding hydrogens is 126 g/mol. The van der Waals surface area contributed by atoms with Crippen LogP contribution in [-0.2, 0) is 4.79 Å². The summed E-state index contributed by atoms with van der Waals surface area (Å²) >= 11 is 0. The van der Waals surface area contributed by atoms with E-state index < -0.39 is 0 Å². The largest absolute Gasteiger partial charge is 0.305 e. The van der Waals surface area contributed by atoms with Crippen molar-refractivity contribution in [2.24, 2.45) is 5.92 Å². The third-order valence-electron chi connectivity index (χ3n) is 2.12. The Balaban J connectivity index is 2.61. The lowest BCUT2D eigenvalue weighted by molar-refractivity contribution is -0.127. The molecule has 1 atom stereocenters. The molecule has 58 valence electrons. The summed E-state index contributed by atoms with van der Waals surface area (Å²) in [6.45, 7) is 6.96. The Morgan fingerprint density at radius 2 is 2.20 bits per heavy atom. The molecule has 2 nitrogen and oxygen atoms in total. The van der Waals surface area contributed by atoms with Crippen molar-refractivity contribution in [1.82, 2.24) is 5.32 Å². The van der Waals surface area contributed by atoms with Crippen molar-refractivity contribution < 1.29 is 4.79 Å². The summed E-state index contributed by atoms with van der Waals surface area (Å²) in [5.74, 6) is 0.853. The molecule has 2 heteroatoms. The Labute approximate surface area is 62.0 Å². The van der Waals surface area contributed by atoms with Crippen molar-refractivity contribution in [3.8, 4) is 0 Å². The first kappa shape index (κ1) is 7.73. The molecule has 0 aromatic rings. The molecule has 0 unspecified atom stereocenters. The minimum Gasteiger partial charge on any atom is -0.305 e. The van der Waals surface area contributed by atoms with Crippen molar-refractivity contribution in [2.75, 3.05) is 6.54 Å². The zero-order chi connectivity index (χ0) is 7.78. The maximum Gasteiger partial charge on any atom is 0.152 e. The number of carbonyl (C=O) groups is 1. The van der Waals surface area contributed by atoms with E-state index in [0.717, 1.165) is 13.0 Å². The maximum absolute atomic E-state index is 11.3. The molecule has 1 aliphatic heterocycles. The number of hydrogen-bond donors (Lipinski definition) is 1.